The zero-order valence-electron chi connectivity index (χ0n) is 20.4. The second-order valence-corrected chi connectivity index (χ2v) is 9.50. The van der Waals surface area contributed by atoms with Crippen molar-refractivity contribution in [2.45, 2.75) is 45.0 Å². The summed E-state index contributed by atoms with van der Waals surface area (Å²) in [4.78, 5) is 24.7. The maximum absolute atomic E-state index is 13.2. The summed E-state index contributed by atoms with van der Waals surface area (Å²) in [5.74, 6) is -1.75. The Kier molecular flexibility index (Phi) is 7.63. The molecule has 1 unspecified atom stereocenters. The molecule has 0 heterocycles. The van der Waals surface area contributed by atoms with Crippen molar-refractivity contribution in [3.05, 3.63) is 106 Å². The molecule has 0 fully saturated rings. The number of fused-ring (bicyclic) bond motifs is 1. The summed E-state index contributed by atoms with van der Waals surface area (Å²) in [6.07, 6.45) is -6.91. The molecule has 3 aromatic carbocycles. The Morgan fingerprint density at radius 1 is 0.868 bits per heavy atom. The Hall–Kier alpha value is -3.68. The minimum absolute atomic E-state index is 0.0625. The van der Waals surface area contributed by atoms with Gasteiger partial charge in [0.2, 0.25) is 0 Å². The first kappa shape index (κ1) is 27.4. The Morgan fingerprint density at radius 3 is 2.21 bits per heavy atom. The molecule has 198 valence electrons. The van der Waals surface area contributed by atoms with E-state index < -0.39 is 35.2 Å². The van der Waals surface area contributed by atoms with Gasteiger partial charge >= 0.3 is 12.4 Å². The average molecular weight is 531 g/mol. The van der Waals surface area contributed by atoms with E-state index in [1.807, 2.05) is 24.3 Å². The molecule has 0 aliphatic heterocycles. The van der Waals surface area contributed by atoms with Crippen LogP contribution in [0.1, 0.15) is 42.0 Å². The van der Waals surface area contributed by atoms with Crippen molar-refractivity contribution in [2.75, 3.05) is 0 Å². The lowest BCUT2D eigenvalue weighted by atomic mass is 9.87. The zero-order valence-corrected chi connectivity index (χ0v) is 20.4. The van der Waals surface area contributed by atoms with Crippen molar-refractivity contribution in [1.29, 1.82) is 0 Å². The van der Waals surface area contributed by atoms with E-state index in [1.165, 1.54) is 13.0 Å². The van der Waals surface area contributed by atoms with Gasteiger partial charge in [-0.25, -0.2) is 0 Å². The van der Waals surface area contributed by atoms with Crippen molar-refractivity contribution in [1.82, 2.24) is 0 Å². The monoisotopic (exact) mass is 530 g/mol. The second-order valence-electron chi connectivity index (χ2n) is 9.50. The summed E-state index contributed by atoms with van der Waals surface area (Å²) in [7, 11) is 0. The van der Waals surface area contributed by atoms with Crippen LogP contribution in [0, 0.1) is 5.92 Å². The van der Waals surface area contributed by atoms with Crippen LogP contribution >= 0.6 is 0 Å². The molecule has 0 amide bonds. The molecule has 4 rings (SSSR count). The van der Waals surface area contributed by atoms with Crippen molar-refractivity contribution in [3.63, 3.8) is 0 Å². The number of alkyl halides is 6. The molecule has 2 nitrogen and oxygen atoms in total. The van der Waals surface area contributed by atoms with Gasteiger partial charge in [0.25, 0.3) is 0 Å². The number of rotatable bonds is 7. The lowest BCUT2D eigenvalue weighted by Gasteiger charge is -2.19. The molecule has 0 radical (unpaired) electrons. The maximum Gasteiger partial charge on any atom is 0.416 e. The van der Waals surface area contributed by atoms with Crippen LogP contribution < -0.4 is 0 Å². The van der Waals surface area contributed by atoms with Crippen molar-refractivity contribution in [2.24, 2.45) is 5.92 Å². The minimum atomic E-state index is -4.59. The summed E-state index contributed by atoms with van der Waals surface area (Å²) in [5.41, 5.74) is 0.711. The van der Waals surface area contributed by atoms with Gasteiger partial charge in [-0.05, 0) is 58.5 Å². The molecule has 0 saturated heterocycles. The Morgan fingerprint density at radius 2 is 1.55 bits per heavy atom. The SMILES string of the molecule is CC1C=C(C(F)(F)F)C=C(CC(=O)CCc2ccc(Cc3cccc4ccc(C(F)(F)F)cc34)cc2)C1=O. The Labute approximate surface area is 215 Å². The Bertz CT molecular complexity index is 1430. The van der Waals surface area contributed by atoms with Gasteiger partial charge in [0.1, 0.15) is 5.78 Å². The summed E-state index contributed by atoms with van der Waals surface area (Å²) < 4.78 is 78.8. The van der Waals surface area contributed by atoms with E-state index in [2.05, 4.69) is 0 Å². The molecule has 8 heteroatoms. The summed E-state index contributed by atoms with van der Waals surface area (Å²) in [6.45, 7) is 1.38. The van der Waals surface area contributed by atoms with Gasteiger partial charge in [0.05, 0.1) is 11.1 Å². The first-order valence-corrected chi connectivity index (χ1v) is 12.0. The third kappa shape index (κ3) is 6.41. The minimum Gasteiger partial charge on any atom is -0.299 e. The average Bonchev–Trinajstić information content (AvgIpc) is 2.85. The number of hydrogen-bond acceptors (Lipinski definition) is 2. The van der Waals surface area contributed by atoms with Crippen LogP contribution in [0.4, 0.5) is 26.3 Å². The number of hydrogen-bond donors (Lipinski definition) is 0. The molecule has 0 aromatic heterocycles. The molecule has 0 N–H and O–H groups in total. The van der Waals surface area contributed by atoms with E-state index in [9.17, 15) is 35.9 Å². The van der Waals surface area contributed by atoms with Crippen molar-refractivity contribution >= 4 is 22.3 Å². The van der Waals surface area contributed by atoms with E-state index in [1.54, 1.807) is 18.2 Å². The first-order chi connectivity index (χ1) is 17.8. The van der Waals surface area contributed by atoms with Crippen molar-refractivity contribution in [3.8, 4) is 0 Å². The highest BCUT2D eigenvalue weighted by Crippen LogP contribution is 2.34. The smallest absolute Gasteiger partial charge is 0.299 e. The zero-order chi connectivity index (χ0) is 27.7. The fourth-order valence-electron chi connectivity index (χ4n) is 4.56. The highest BCUT2D eigenvalue weighted by molar-refractivity contribution is 6.04. The van der Waals surface area contributed by atoms with Gasteiger partial charge in [0, 0.05) is 24.3 Å². The molecule has 3 aromatic rings. The first-order valence-electron chi connectivity index (χ1n) is 12.0. The van der Waals surface area contributed by atoms with Crippen molar-refractivity contribution < 1.29 is 35.9 Å². The molecule has 0 saturated carbocycles. The predicted octanol–water partition coefficient (Wildman–Crippen LogP) is 7.98. The van der Waals surface area contributed by atoms with Crippen LogP contribution in [0.15, 0.2) is 84.0 Å². The number of ketones is 2. The Balaban J connectivity index is 1.40. The van der Waals surface area contributed by atoms with Gasteiger partial charge < -0.3 is 0 Å². The number of aryl methyl sites for hydroxylation is 1. The van der Waals surface area contributed by atoms with Crippen LogP contribution in [0.5, 0.6) is 0 Å². The van der Waals surface area contributed by atoms with Gasteiger partial charge in [-0.15, -0.1) is 0 Å². The van der Waals surface area contributed by atoms with E-state index in [0.717, 1.165) is 41.0 Å². The third-order valence-electron chi connectivity index (χ3n) is 6.61. The van der Waals surface area contributed by atoms with Gasteiger partial charge in [-0.2, -0.15) is 26.3 Å². The molecule has 1 aliphatic rings. The fourth-order valence-corrected chi connectivity index (χ4v) is 4.56. The standard InChI is InChI=1S/C30H24F6O2/c1-18-13-25(30(34,35)36)15-23(28(18)38)16-26(37)12-9-19-5-7-20(8-6-19)14-22-4-2-3-21-10-11-24(17-27(21)22)29(31,32)33/h2-8,10-11,13,15,17-18H,9,12,14,16H2,1H3. The highest BCUT2D eigenvalue weighted by atomic mass is 19.4. The third-order valence-corrected chi connectivity index (χ3v) is 6.61. The highest BCUT2D eigenvalue weighted by Gasteiger charge is 2.36. The van der Waals surface area contributed by atoms with E-state index >= 15 is 0 Å². The maximum atomic E-state index is 13.2. The van der Waals surface area contributed by atoms with Crippen LogP contribution in [-0.2, 0) is 28.6 Å². The van der Waals surface area contributed by atoms with Crippen LogP contribution in [-0.4, -0.2) is 17.7 Å². The molecule has 0 bridgehead atoms. The van der Waals surface area contributed by atoms with Gasteiger partial charge in [0.15, 0.2) is 5.78 Å². The number of benzene rings is 3. The summed E-state index contributed by atoms with van der Waals surface area (Å²) in [5, 5.41) is 1.24. The van der Waals surface area contributed by atoms with Gasteiger partial charge in [-0.1, -0.05) is 61.5 Å². The fraction of sp³-hybridized carbons (Fsp3) is 0.267. The van der Waals surface area contributed by atoms with Gasteiger partial charge in [-0.3, -0.25) is 9.59 Å². The predicted molar refractivity (Wildman–Crippen MR) is 133 cm³/mol. The molecule has 0 spiro atoms. The molecular formula is C30H24F6O2. The van der Waals surface area contributed by atoms with E-state index in [4.69, 9.17) is 0 Å². The quantitative estimate of drug-likeness (QED) is 0.290. The number of allylic oxidation sites excluding steroid dienone is 4. The molecular weight excluding hydrogens is 506 g/mol. The lowest BCUT2D eigenvalue weighted by molar-refractivity contribution is -0.137. The lowest BCUT2D eigenvalue weighted by Crippen LogP contribution is -2.23. The topological polar surface area (TPSA) is 34.1 Å². The number of Topliss-reactive ketones (excluding diaryl/α,β-unsaturated/α-hetero) is 2. The largest absolute Gasteiger partial charge is 0.416 e. The summed E-state index contributed by atoms with van der Waals surface area (Å²) >= 11 is 0. The van der Waals surface area contributed by atoms with Crippen LogP contribution in [0.2, 0.25) is 0 Å². The molecule has 1 atom stereocenters. The van der Waals surface area contributed by atoms with E-state index in [0.29, 0.717) is 23.6 Å². The normalized spacial score (nSPS) is 16.4. The second kappa shape index (κ2) is 10.6. The number of halogens is 6. The summed E-state index contributed by atoms with van der Waals surface area (Å²) in [6, 6.07) is 16.3. The molecule has 1 aliphatic carbocycles. The van der Waals surface area contributed by atoms with E-state index in [-0.39, 0.29) is 24.2 Å². The van der Waals surface area contributed by atoms with Crippen LogP contribution in [0.25, 0.3) is 10.8 Å². The molecule has 38 heavy (non-hydrogen) atoms. The number of carbonyl (C=O) groups is 2. The van der Waals surface area contributed by atoms with Crippen LogP contribution in [0.3, 0.4) is 0 Å². The number of carbonyl (C=O) groups excluding carboxylic acids is 2.